The summed E-state index contributed by atoms with van der Waals surface area (Å²) in [7, 11) is 3.47. The monoisotopic (exact) mass is 599 g/mol. The molecule has 0 heterocycles. The van der Waals surface area contributed by atoms with Gasteiger partial charge in [0.25, 0.3) is 0 Å². The molecule has 3 aliphatic carbocycles. The number of carbonyl (C=O) groups is 3. The first-order valence-electron chi connectivity index (χ1n) is 14.8. The van der Waals surface area contributed by atoms with Crippen molar-refractivity contribution in [3.05, 3.63) is 58.7 Å². The molecule has 43 heavy (non-hydrogen) atoms. The minimum Gasteiger partial charge on any atom is -0.458 e. The molecule has 0 radical (unpaired) electrons. The number of aliphatic hydroxyl groups is 4. The fraction of sp³-hybridized carbons (Fsp3) is 0.606. The molecule has 4 rings (SSSR count). The summed E-state index contributed by atoms with van der Waals surface area (Å²) in [5.41, 5.74) is -0.308. The Kier molecular flexibility index (Phi) is 9.40. The Morgan fingerprint density at radius 2 is 1.63 bits per heavy atom. The number of fused-ring (bicyclic) bond motifs is 4. The standard InChI is InChI=1S/C33H45NO9/c1-17-23(42-18(2)35)14-21-22(36)13-20-16-33(5,30(40)28(38)26(17)32(21,3)4)25(37)15-24(20)43-31(41)29(39)27(34(6)7)19-11-9-8-10-12-19/h8-13,21-25,27-29,36-39H,14-16H2,1-7H3/b20-13+/t21-,22-,23-,24-,25-,27-,28+,29+,33-/m0/s1. The van der Waals surface area contributed by atoms with Crippen LogP contribution in [-0.2, 0) is 23.9 Å². The van der Waals surface area contributed by atoms with Crippen molar-refractivity contribution in [3.8, 4) is 0 Å². The zero-order valence-electron chi connectivity index (χ0n) is 26.0. The summed E-state index contributed by atoms with van der Waals surface area (Å²) in [6, 6.07) is 8.34. The van der Waals surface area contributed by atoms with E-state index in [0.29, 0.717) is 22.3 Å². The molecule has 1 fully saturated rings. The third kappa shape index (κ3) is 6.08. The Morgan fingerprint density at radius 3 is 2.21 bits per heavy atom. The van der Waals surface area contributed by atoms with Gasteiger partial charge in [-0.25, -0.2) is 4.79 Å². The molecule has 1 aromatic rings. The highest BCUT2D eigenvalue weighted by Gasteiger charge is 2.55. The molecule has 10 heteroatoms. The number of nitrogens with zero attached hydrogens (tertiary/aromatic N) is 1. The van der Waals surface area contributed by atoms with Crippen LogP contribution in [0, 0.1) is 16.7 Å². The number of ether oxygens (including phenoxy) is 2. The molecule has 1 saturated carbocycles. The lowest BCUT2D eigenvalue weighted by Gasteiger charge is -2.50. The van der Waals surface area contributed by atoms with E-state index in [1.54, 1.807) is 63.2 Å². The van der Waals surface area contributed by atoms with Crippen LogP contribution in [0.4, 0.5) is 0 Å². The molecule has 0 aliphatic heterocycles. The molecule has 9 atom stereocenters. The smallest absolute Gasteiger partial charge is 0.337 e. The predicted molar refractivity (Wildman–Crippen MR) is 157 cm³/mol. The van der Waals surface area contributed by atoms with Crippen LogP contribution in [-0.4, -0.2) is 93.8 Å². The third-order valence-electron chi connectivity index (χ3n) is 9.84. The molecule has 3 aliphatic rings. The summed E-state index contributed by atoms with van der Waals surface area (Å²) in [6.45, 7) is 8.20. The molecular formula is C33H45NO9. The minimum atomic E-state index is -1.62. The highest BCUT2D eigenvalue weighted by atomic mass is 16.6. The molecule has 0 aromatic heterocycles. The van der Waals surface area contributed by atoms with Crippen molar-refractivity contribution in [2.75, 3.05) is 14.1 Å². The Bertz CT molecular complexity index is 1300. The lowest BCUT2D eigenvalue weighted by molar-refractivity contribution is -0.166. The van der Waals surface area contributed by atoms with Crippen LogP contribution in [0.25, 0.3) is 0 Å². The Morgan fingerprint density at radius 1 is 1.00 bits per heavy atom. The van der Waals surface area contributed by atoms with Gasteiger partial charge in [0.15, 0.2) is 11.9 Å². The predicted octanol–water partition coefficient (Wildman–Crippen LogP) is 2.25. The zero-order chi connectivity index (χ0) is 32.0. The molecule has 1 aromatic carbocycles. The molecule has 0 amide bonds. The summed E-state index contributed by atoms with van der Waals surface area (Å²) in [4.78, 5) is 41.0. The first-order valence-corrected chi connectivity index (χ1v) is 14.8. The van der Waals surface area contributed by atoms with Crippen LogP contribution in [0.2, 0.25) is 0 Å². The number of esters is 2. The van der Waals surface area contributed by atoms with E-state index in [2.05, 4.69) is 0 Å². The van der Waals surface area contributed by atoms with Gasteiger partial charge in [0, 0.05) is 19.3 Å². The number of hydrogen-bond acceptors (Lipinski definition) is 10. The maximum absolute atomic E-state index is 14.0. The number of rotatable bonds is 6. The lowest BCUT2D eigenvalue weighted by Crippen LogP contribution is -2.56. The lowest BCUT2D eigenvalue weighted by atomic mass is 9.57. The Labute approximate surface area is 253 Å². The van der Waals surface area contributed by atoms with Crippen molar-refractivity contribution in [1.29, 1.82) is 0 Å². The summed E-state index contributed by atoms with van der Waals surface area (Å²) in [6.07, 6.45) is -5.82. The van der Waals surface area contributed by atoms with Gasteiger partial charge in [-0.15, -0.1) is 0 Å². The number of benzene rings is 1. The van der Waals surface area contributed by atoms with E-state index in [1.807, 2.05) is 19.9 Å². The van der Waals surface area contributed by atoms with Crippen molar-refractivity contribution < 1.29 is 44.3 Å². The average Bonchev–Trinajstić information content (AvgIpc) is 2.91. The van der Waals surface area contributed by atoms with Crippen molar-refractivity contribution in [2.24, 2.45) is 16.7 Å². The molecule has 236 valence electrons. The van der Waals surface area contributed by atoms with Gasteiger partial charge in [-0.1, -0.05) is 50.3 Å². The second-order valence-electron chi connectivity index (χ2n) is 13.3. The largest absolute Gasteiger partial charge is 0.458 e. The molecule has 0 saturated heterocycles. The van der Waals surface area contributed by atoms with Crippen LogP contribution in [0.15, 0.2) is 53.1 Å². The van der Waals surface area contributed by atoms with Gasteiger partial charge in [-0.2, -0.15) is 0 Å². The highest BCUT2D eigenvalue weighted by molar-refractivity contribution is 5.92. The highest BCUT2D eigenvalue weighted by Crippen LogP contribution is 2.52. The molecule has 4 N–H and O–H groups in total. The van der Waals surface area contributed by atoms with Gasteiger partial charge in [-0.3, -0.25) is 14.5 Å². The van der Waals surface area contributed by atoms with Crippen LogP contribution >= 0.6 is 0 Å². The summed E-state index contributed by atoms with van der Waals surface area (Å²) < 4.78 is 11.4. The molecule has 0 spiro atoms. The Hall–Kier alpha value is -2.89. The Balaban J connectivity index is 1.74. The van der Waals surface area contributed by atoms with E-state index in [0.717, 1.165) is 0 Å². The van der Waals surface area contributed by atoms with Crippen LogP contribution in [0.5, 0.6) is 0 Å². The average molecular weight is 600 g/mol. The van der Waals surface area contributed by atoms with Crippen molar-refractivity contribution in [1.82, 2.24) is 4.90 Å². The summed E-state index contributed by atoms with van der Waals surface area (Å²) in [5, 5.41) is 45.7. The normalized spacial score (nSPS) is 35.0. The molecule has 0 unspecified atom stereocenters. The van der Waals surface area contributed by atoms with Crippen LogP contribution < -0.4 is 0 Å². The van der Waals surface area contributed by atoms with Gasteiger partial charge in [0.2, 0.25) is 0 Å². The van der Waals surface area contributed by atoms with E-state index in [-0.39, 0.29) is 19.3 Å². The van der Waals surface area contributed by atoms with Crippen molar-refractivity contribution >= 4 is 17.7 Å². The fourth-order valence-electron chi connectivity index (χ4n) is 7.40. The molecule has 10 nitrogen and oxygen atoms in total. The number of Topliss-reactive ketones (excluding diaryl/α,β-unsaturated/α-hetero) is 1. The van der Waals surface area contributed by atoms with E-state index in [1.165, 1.54) is 6.92 Å². The number of hydrogen-bond donors (Lipinski definition) is 4. The maximum atomic E-state index is 14.0. The second kappa shape index (κ2) is 12.2. The van der Waals surface area contributed by atoms with Gasteiger partial charge in [0.1, 0.15) is 18.3 Å². The van der Waals surface area contributed by atoms with Gasteiger partial charge >= 0.3 is 11.9 Å². The third-order valence-corrected chi connectivity index (χ3v) is 9.84. The van der Waals surface area contributed by atoms with E-state index >= 15 is 0 Å². The van der Waals surface area contributed by atoms with Gasteiger partial charge in [-0.05, 0) is 68.5 Å². The number of carbonyl (C=O) groups excluding carboxylic acids is 3. The number of ketones is 1. The second-order valence-corrected chi connectivity index (χ2v) is 13.3. The first kappa shape index (κ1) is 33.0. The van der Waals surface area contributed by atoms with Gasteiger partial charge < -0.3 is 29.9 Å². The number of likely N-dealkylation sites (N-methyl/N-ethyl adjacent to an activating group) is 1. The summed E-state index contributed by atoms with van der Waals surface area (Å²) in [5.74, 6) is -2.61. The molecule has 4 bridgehead atoms. The summed E-state index contributed by atoms with van der Waals surface area (Å²) >= 11 is 0. The van der Waals surface area contributed by atoms with E-state index in [4.69, 9.17) is 9.47 Å². The van der Waals surface area contributed by atoms with E-state index < -0.39 is 77.1 Å². The quantitative estimate of drug-likeness (QED) is 0.283. The molecular weight excluding hydrogens is 554 g/mol. The topological polar surface area (TPSA) is 154 Å². The van der Waals surface area contributed by atoms with Crippen LogP contribution in [0.3, 0.4) is 0 Å². The first-order chi connectivity index (χ1) is 20.0. The van der Waals surface area contributed by atoms with Crippen LogP contribution in [0.1, 0.15) is 65.5 Å². The fourth-order valence-corrected chi connectivity index (χ4v) is 7.40. The SMILES string of the molecule is CC(=O)O[C@H]1C[C@H]2[C@@H](O)/C=C3\C[C@](C)(C(=O)[C@H](O)C(=C1C)C2(C)C)[C@@H](O)C[C@@H]3OC(=O)[C@H](O)[C@H](c1ccccc1)N(C)C. The van der Waals surface area contributed by atoms with Crippen molar-refractivity contribution in [3.63, 3.8) is 0 Å². The minimum absolute atomic E-state index is 0.0716. The zero-order valence-corrected chi connectivity index (χ0v) is 26.0. The van der Waals surface area contributed by atoms with E-state index in [9.17, 15) is 34.8 Å². The maximum Gasteiger partial charge on any atom is 0.337 e. The van der Waals surface area contributed by atoms with Gasteiger partial charge in [0.05, 0.1) is 23.7 Å². The van der Waals surface area contributed by atoms with Crippen molar-refractivity contribution in [2.45, 2.75) is 96.5 Å². The number of aliphatic hydroxyl groups excluding tert-OH is 4.